The Morgan fingerprint density at radius 3 is 2.81 bits per heavy atom. The van der Waals surface area contributed by atoms with Gasteiger partial charge in [0.15, 0.2) is 0 Å². The van der Waals surface area contributed by atoms with E-state index in [0.717, 1.165) is 28.8 Å². The van der Waals surface area contributed by atoms with E-state index in [0.29, 0.717) is 6.61 Å². The summed E-state index contributed by atoms with van der Waals surface area (Å²) in [6.45, 7) is 5.46. The summed E-state index contributed by atoms with van der Waals surface area (Å²) in [4.78, 5) is 11.8. The van der Waals surface area contributed by atoms with Gasteiger partial charge in [-0.15, -0.1) is 0 Å². The minimum Gasteiger partial charge on any atom is -0.493 e. The van der Waals surface area contributed by atoms with Gasteiger partial charge in [-0.2, -0.15) is 0 Å². The topological polar surface area (TPSA) is 38.3 Å². The second-order valence-corrected chi connectivity index (χ2v) is 5.72. The van der Waals surface area contributed by atoms with E-state index in [1.54, 1.807) is 12.2 Å². The fraction of sp³-hybridized carbons (Fsp3) is 0.471. The van der Waals surface area contributed by atoms with E-state index < -0.39 is 0 Å². The monoisotopic (exact) mass is 353 g/mol. The molecule has 1 N–H and O–H groups in total. The van der Waals surface area contributed by atoms with E-state index in [9.17, 15) is 4.79 Å². The van der Waals surface area contributed by atoms with Crippen LogP contribution >= 0.6 is 15.9 Å². The standard InChI is InChI=1S/C17H24BrNO2/c1-3-5-6-7-12-19-17(20)11-8-14-13-15(18)9-10-16(14)21-4-2/h8-11,13H,3-7,12H2,1-2H3,(H,19,20)/b11-8+. The molecule has 0 spiro atoms. The zero-order valence-corrected chi connectivity index (χ0v) is 14.4. The van der Waals surface area contributed by atoms with Gasteiger partial charge in [-0.25, -0.2) is 0 Å². The highest BCUT2D eigenvalue weighted by Crippen LogP contribution is 2.24. The lowest BCUT2D eigenvalue weighted by atomic mass is 10.2. The summed E-state index contributed by atoms with van der Waals surface area (Å²) in [5, 5.41) is 2.90. The van der Waals surface area contributed by atoms with Gasteiger partial charge in [0.1, 0.15) is 5.75 Å². The molecular weight excluding hydrogens is 330 g/mol. The summed E-state index contributed by atoms with van der Waals surface area (Å²) in [6, 6.07) is 5.77. The number of carbonyl (C=O) groups excluding carboxylic acids is 1. The number of hydrogen-bond donors (Lipinski definition) is 1. The van der Waals surface area contributed by atoms with Crippen molar-refractivity contribution < 1.29 is 9.53 Å². The van der Waals surface area contributed by atoms with Gasteiger partial charge < -0.3 is 10.1 Å². The third-order valence-corrected chi connectivity index (χ3v) is 3.51. The Bertz CT molecular complexity index is 472. The normalized spacial score (nSPS) is 10.8. The van der Waals surface area contributed by atoms with Crippen LogP contribution in [0.4, 0.5) is 0 Å². The van der Waals surface area contributed by atoms with Gasteiger partial charge in [0.2, 0.25) is 5.91 Å². The van der Waals surface area contributed by atoms with Crippen molar-refractivity contribution in [2.24, 2.45) is 0 Å². The quantitative estimate of drug-likeness (QED) is 0.522. The van der Waals surface area contributed by atoms with Crippen LogP contribution in [0.3, 0.4) is 0 Å². The Morgan fingerprint density at radius 1 is 1.29 bits per heavy atom. The number of rotatable bonds is 9. The number of carbonyl (C=O) groups is 1. The predicted molar refractivity (Wildman–Crippen MR) is 91.5 cm³/mol. The molecule has 0 aliphatic rings. The number of halogens is 1. The molecule has 0 saturated heterocycles. The van der Waals surface area contributed by atoms with Crippen LogP contribution in [0.5, 0.6) is 5.75 Å². The van der Waals surface area contributed by atoms with Crippen LogP contribution in [-0.4, -0.2) is 19.1 Å². The van der Waals surface area contributed by atoms with Crippen molar-refractivity contribution in [3.05, 3.63) is 34.3 Å². The van der Waals surface area contributed by atoms with Crippen molar-refractivity contribution in [1.82, 2.24) is 5.32 Å². The molecule has 1 aromatic carbocycles. The number of nitrogens with one attached hydrogen (secondary N) is 1. The summed E-state index contributed by atoms with van der Waals surface area (Å²) in [7, 11) is 0. The zero-order valence-electron chi connectivity index (χ0n) is 12.8. The molecule has 21 heavy (non-hydrogen) atoms. The largest absolute Gasteiger partial charge is 0.493 e. The van der Waals surface area contributed by atoms with E-state index in [1.807, 2.05) is 25.1 Å². The minimum absolute atomic E-state index is 0.0612. The molecular formula is C17H24BrNO2. The van der Waals surface area contributed by atoms with Crippen molar-refractivity contribution in [3.8, 4) is 5.75 Å². The molecule has 1 aromatic rings. The van der Waals surface area contributed by atoms with E-state index in [2.05, 4.69) is 28.2 Å². The first kappa shape index (κ1) is 17.8. The second kappa shape index (κ2) is 10.4. The number of unbranched alkanes of at least 4 members (excludes halogenated alkanes) is 3. The fourth-order valence-corrected chi connectivity index (χ4v) is 2.30. The molecule has 116 valence electrons. The molecule has 0 radical (unpaired) electrons. The van der Waals surface area contributed by atoms with Gasteiger partial charge in [0.25, 0.3) is 0 Å². The van der Waals surface area contributed by atoms with E-state index in [4.69, 9.17) is 4.74 Å². The molecule has 3 nitrogen and oxygen atoms in total. The van der Waals surface area contributed by atoms with Gasteiger partial charge in [0, 0.05) is 22.7 Å². The van der Waals surface area contributed by atoms with Gasteiger partial charge in [-0.05, 0) is 37.6 Å². The summed E-state index contributed by atoms with van der Waals surface area (Å²) >= 11 is 3.43. The molecule has 0 aliphatic heterocycles. The second-order valence-electron chi connectivity index (χ2n) is 4.80. The molecule has 0 heterocycles. The zero-order chi connectivity index (χ0) is 15.5. The van der Waals surface area contributed by atoms with Crippen LogP contribution in [0.25, 0.3) is 6.08 Å². The number of amides is 1. The van der Waals surface area contributed by atoms with Gasteiger partial charge in [-0.1, -0.05) is 42.1 Å². The van der Waals surface area contributed by atoms with Gasteiger partial charge in [0.05, 0.1) is 6.61 Å². The third kappa shape index (κ3) is 7.32. The highest BCUT2D eigenvalue weighted by Gasteiger charge is 2.02. The Balaban J connectivity index is 2.51. The lowest BCUT2D eigenvalue weighted by Gasteiger charge is -2.07. The number of benzene rings is 1. The lowest BCUT2D eigenvalue weighted by Crippen LogP contribution is -2.21. The summed E-state index contributed by atoms with van der Waals surface area (Å²) in [5.74, 6) is 0.724. The molecule has 0 aromatic heterocycles. The first-order chi connectivity index (χ1) is 10.2. The Kier molecular flexibility index (Phi) is 8.83. The Hall–Kier alpha value is -1.29. The van der Waals surface area contributed by atoms with Crippen LogP contribution < -0.4 is 10.1 Å². The number of hydrogen-bond acceptors (Lipinski definition) is 2. The van der Waals surface area contributed by atoms with Gasteiger partial charge in [-0.3, -0.25) is 4.79 Å². The smallest absolute Gasteiger partial charge is 0.244 e. The van der Waals surface area contributed by atoms with Crippen LogP contribution in [-0.2, 0) is 4.79 Å². The molecule has 4 heteroatoms. The summed E-state index contributed by atoms with van der Waals surface area (Å²) in [6.07, 6.45) is 7.98. The fourth-order valence-electron chi connectivity index (χ4n) is 1.92. The van der Waals surface area contributed by atoms with Crippen LogP contribution in [0.1, 0.15) is 45.1 Å². The number of ether oxygens (including phenoxy) is 1. The molecule has 0 saturated carbocycles. The van der Waals surface area contributed by atoms with Crippen molar-refractivity contribution in [1.29, 1.82) is 0 Å². The maximum atomic E-state index is 11.8. The third-order valence-electron chi connectivity index (χ3n) is 3.02. The van der Waals surface area contributed by atoms with Crippen LogP contribution in [0.2, 0.25) is 0 Å². The molecule has 0 unspecified atom stereocenters. The SMILES string of the molecule is CCCCCCNC(=O)/C=C/c1cc(Br)ccc1OCC. The summed E-state index contributed by atoms with van der Waals surface area (Å²) in [5.41, 5.74) is 0.896. The van der Waals surface area contributed by atoms with Crippen LogP contribution in [0.15, 0.2) is 28.7 Å². The van der Waals surface area contributed by atoms with Crippen LogP contribution in [0, 0.1) is 0 Å². The highest BCUT2D eigenvalue weighted by molar-refractivity contribution is 9.10. The van der Waals surface area contributed by atoms with Gasteiger partial charge >= 0.3 is 0 Å². The van der Waals surface area contributed by atoms with Crippen molar-refractivity contribution in [3.63, 3.8) is 0 Å². The van der Waals surface area contributed by atoms with E-state index in [1.165, 1.54) is 19.3 Å². The molecule has 0 bridgehead atoms. The van der Waals surface area contributed by atoms with Crippen molar-refractivity contribution in [2.45, 2.75) is 39.5 Å². The average Bonchev–Trinajstić information content (AvgIpc) is 2.47. The maximum absolute atomic E-state index is 11.8. The first-order valence-electron chi connectivity index (χ1n) is 7.55. The molecule has 0 atom stereocenters. The van der Waals surface area contributed by atoms with E-state index in [-0.39, 0.29) is 5.91 Å². The Morgan fingerprint density at radius 2 is 2.10 bits per heavy atom. The van der Waals surface area contributed by atoms with Crippen molar-refractivity contribution >= 4 is 27.9 Å². The van der Waals surface area contributed by atoms with E-state index >= 15 is 0 Å². The maximum Gasteiger partial charge on any atom is 0.244 e. The predicted octanol–water partition coefficient (Wildman–Crippen LogP) is 4.56. The Labute approximate surface area is 135 Å². The summed E-state index contributed by atoms with van der Waals surface area (Å²) < 4.78 is 6.51. The van der Waals surface area contributed by atoms with Crippen molar-refractivity contribution in [2.75, 3.05) is 13.2 Å². The molecule has 0 fully saturated rings. The molecule has 1 amide bonds. The molecule has 1 rings (SSSR count). The lowest BCUT2D eigenvalue weighted by molar-refractivity contribution is -0.116. The molecule has 0 aliphatic carbocycles. The minimum atomic E-state index is -0.0612. The first-order valence-corrected chi connectivity index (χ1v) is 8.35. The highest BCUT2D eigenvalue weighted by atomic mass is 79.9. The average molecular weight is 354 g/mol.